The Bertz CT molecular complexity index is 553. The summed E-state index contributed by atoms with van der Waals surface area (Å²) in [7, 11) is 0. The molecule has 2 unspecified atom stereocenters. The molecule has 0 heterocycles. The third kappa shape index (κ3) is 2.54. The standard InChI is InChI=1S/C14H12FNO3/c15-14(9-5-4-8-11(14)12(17)18)13(19)16-10-6-2-1-3-7-10/h1-9,11H,(H,16,19)(H,17,18). The lowest BCUT2D eigenvalue weighted by Gasteiger charge is -2.27. The van der Waals surface area contributed by atoms with Crippen LogP contribution in [0.25, 0.3) is 0 Å². The van der Waals surface area contributed by atoms with Gasteiger partial charge in [0.05, 0.1) is 0 Å². The molecule has 2 N–H and O–H groups in total. The zero-order valence-corrected chi connectivity index (χ0v) is 9.92. The van der Waals surface area contributed by atoms with Crippen LogP contribution in [0.15, 0.2) is 54.6 Å². The average Bonchev–Trinajstić information content (AvgIpc) is 2.40. The van der Waals surface area contributed by atoms with Gasteiger partial charge in [0.1, 0.15) is 5.92 Å². The zero-order valence-electron chi connectivity index (χ0n) is 9.92. The molecule has 0 spiro atoms. The van der Waals surface area contributed by atoms with E-state index in [-0.39, 0.29) is 0 Å². The second-order valence-electron chi connectivity index (χ2n) is 4.15. The summed E-state index contributed by atoms with van der Waals surface area (Å²) in [6.07, 6.45) is 4.85. The second kappa shape index (κ2) is 5.06. The monoisotopic (exact) mass is 261 g/mol. The molecule has 0 aliphatic heterocycles. The van der Waals surface area contributed by atoms with Gasteiger partial charge in [-0.3, -0.25) is 9.59 Å². The minimum atomic E-state index is -2.59. The van der Waals surface area contributed by atoms with Gasteiger partial charge in [-0.2, -0.15) is 0 Å². The molecule has 4 nitrogen and oxygen atoms in total. The van der Waals surface area contributed by atoms with Gasteiger partial charge in [0.2, 0.25) is 5.67 Å². The first-order valence-corrected chi connectivity index (χ1v) is 5.68. The quantitative estimate of drug-likeness (QED) is 0.876. The number of amides is 1. The molecule has 1 aromatic carbocycles. The third-order valence-corrected chi connectivity index (χ3v) is 2.85. The number of benzene rings is 1. The Hall–Kier alpha value is -2.43. The summed E-state index contributed by atoms with van der Waals surface area (Å²) in [5, 5.41) is 11.4. The lowest BCUT2D eigenvalue weighted by Crippen LogP contribution is -2.47. The largest absolute Gasteiger partial charge is 0.481 e. The van der Waals surface area contributed by atoms with Crippen molar-refractivity contribution in [1.29, 1.82) is 0 Å². The molecule has 1 aromatic rings. The van der Waals surface area contributed by atoms with E-state index in [0.29, 0.717) is 5.69 Å². The molecule has 1 amide bonds. The van der Waals surface area contributed by atoms with Gasteiger partial charge in [0, 0.05) is 5.69 Å². The van der Waals surface area contributed by atoms with E-state index in [1.807, 2.05) is 0 Å². The van der Waals surface area contributed by atoms with Crippen LogP contribution in [0, 0.1) is 5.92 Å². The number of hydrogen-bond acceptors (Lipinski definition) is 2. The molecule has 0 saturated carbocycles. The number of alkyl halides is 1. The fourth-order valence-corrected chi connectivity index (χ4v) is 1.84. The molecule has 19 heavy (non-hydrogen) atoms. The summed E-state index contributed by atoms with van der Waals surface area (Å²) in [6, 6.07) is 8.32. The van der Waals surface area contributed by atoms with Crippen LogP contribution >= 0.6 is 0 Å². The van der Waals surface area contributed by atoms with Crippen molar-refractivity contribution in [3.63, 3.8) is 0 Å². The van der Waals surface area contributed by atoms with E-state index in [2.05, 4.69) is 5.32 Å². The van der Waals surface area contributed by atoms with Crippen LogP contribution in [0.3, 0.4) is 0 Å². The maximum Gasteiger partial charge on any atom is 0.314 e. The molecule has 5 heteroatoms. The number of aliphatic carboxylic acids is 1. The summed E-state index contributed by atoms with van der Waals surface area (Å²) in [5.74, 6) is -3.90. The van der Waals surface area contributed by atoms with Crippen LogP contribution in [0.1, 0.15) is 0 Å². The van der Waals surface area contributed by atoms with Crippen LogP contribution in [0.5, 0.6) is 0 Å². The summed E-state index contributed by atoms with van der Waals surface area (Å²) < 4.78 is 14.6. The fraction of sp³-hybridized carbons (Fsp3) is 0.143. The number of carboxylic acid groups (broad SMARTS) is 1. The Balaban J connectivity index is 2.23. The molecule has 2 atom stereocenters. The maximum absolute atomic E-state index is 14.6. The van der Waals surface area contributed by atoms with Crippen molar-refractivity contribution in [2.45, 2.75) is 5.67 Å². The molecule has 1 aliphatic rings. The predicted octanol–water partition coefficient (Wildman–Crippen LogP) is 2.16. The topological polar surface area (TPSA) is 66.4 Å². The number of carboxylic acids is 1. The smallest absolute Gasteiger partial charge is 0.314 e. The van der Waals surface area contributed by atoms with Crippen LogP contribution < -0.4 is 5.32 Å². The number of anilines is 1. The van der Waals surface area contributed by atoms with E-state index >= 15 is 0 Å². The number of hydrogen-bond donors (Lipinski definition) is 2. The number of nitrogens with one attached hydrogen (secondary N) is 1. The summed E-state index contributed by atoms with van der Waals surface area (Å²) in [5.41, 5.74) is -2.17. The Morgan fingerprint density at radius 1 is 1.21 bits per heavy atom. The highest BCUT2D eigenvalue weighted by Gasteiger charge is 2.48. The van der Waals surface area contributed by atoms with Crippen molar-refractivity contribution >= 4 is 17.6 Å². The van der Waals surface area contributed by atoms with Crippen LogP contribution in [-0.2, 0) is 9.59 Å². The summed E-state index contributed by atoms with van der Waals surface area (Å²) >= 11 is 0. The van der Waals surface area contributed by atoms with Gasteiger partial charge >= 0.3 is 5.97 Å². The van der Waals surface area contributed by atoms with E-state index in [9.17, 15) is 14.0 Å². The molecule has 0 radical (unpaired) electrons. The SMILES string of the molecule is O=C(O)C1C=CC=CC1(F)C(=O)Nc1ccccc1. The maximum atomic E-state index is 14.6. The Labute approximate surface area is 109 Å². The number of rotatable bonds is 3. The molecule has 0 fully saturated rings. The van der Waals surface area contributed by atoms with Crippen LogP contribution in [-0.4, -0.2) is 22.7 Å². The molecule has 0 aromatic heterocycles. The Morgan fingerprint density at radius 2 is 1.89 bits per heavy atom. The van der Waals surface area contributed by atoms with E-state index < -0.39 is 23.5 Å². The highest BCUT2D eigenvalue weighted by molar-refractivity contribution is 6.02. The van der Waals surface area contributed by atoms with E-state index in [1.54, 1.807) is 30.3 Å². The summed E-state index contributed by atoms with van der Waals surface area (Å²) in [6.45, 7) is 0. The number of para-hydroxylation sites is 1. The highest BCUT2D eigenvalue weighted by atomic mass is 19.1. The Kier molecular flexibility index (Phi) is 3.46. The molecule has 0 bridgehead atoms. The van der Waals surface area contributed by atoms with Crippen molar-refractivity contribution in [3.8, 4) is 0 Å². The lowest BCUT2D eigenvalue weighted by molar-refractivity contribution is -0.147. The zero-order chi connectivity index (χ0) is 13.9. The van der Waals surface area contributed by atoms with Crippen molar-refractivity contribution in [2.24, 2.45) is 5.92 Å². The van der Waals surface area contributed by atoms with Gasteiger partial charge in [-0.05, 0) is 18.2 Å². The molecule has 1 aliphatic carbocycles. The third-order valence-electron chi connectivity index (χ3n) is 2.85. The van der Waals surface area contributed by atoms with Gasteiger partial charge in [-0.15, -0.1) is 0 Å². The van der Waals surface area contributed by atoms with Gasteiger partial charge in [-0.25, -0.2) is 4.39 Å². The van der Waals surface area contributed by atoms with E-state index in [1.165, 1.54) is 12.2 Å². The van der Waals surface area contributed by atoms with Gasteiger partial charge in [-0.1, -0.05) is 36.4 Å². The molecule has 98 valence electrons. The molecular weight excluding hydrogens is 249 g/mol. The molecular formula is C14H12FNO3. The van der Waals surface area contributed by atoms with Crippen LogP contribution in [0.2, 0.25) is 0 Å². The van der Waals surface area contributed by atoms with Crippen molar-refractivity contribution < 1.29 is 19.1 Å². The van der Waals surface area contributed by atoms with E-state index in [4.69, 9.17) is 5.11 Å². The van der Waals surface area contributed by atoms with Crippen molar-refractivity contribution in [3.05, 3.63) is 54.6 Å². The highest BCUT2D eigenvalue weighted by Crippen LogP contribution is 2.30. The summed E-state index contributed by atoms with van der Waals surface area (Å²) in [4.78, 5) is 23.0. The normalized spacial score (nSPS) is 25.0. The Morgan fingerprint density at radius 3 is 2.53 bits per heavy atom. The first-order valence-electron chi connectivity index (χ1n) is 5.68. The predicted molar refractivity (Wildman–Crippen MR) is 68.3 cm³/mol. The van der Waals surface area contributed by atoms with Crippen LogP contribution in [0.4, 0.5) is 10.1 Å². The van der Waals surface area contributed by atoms with E-state index in [0.717, 1.165) is 12.2 Å². The first kappa shape index (κ1) is 13.0. The first-order chi connectivity index (χ1) is 9.04. The van der Waals surface area contributed by atoms with Gasteiger partial charge in [0.25, 0.3) is 5.91 Å². The lowest BCUT2D eigenvalue weighted by atomic mass is 9.84. The number of carbonyl (C=O) groups is 2. The van der Waals surface area contributed by atoms with Gasteiger partial charge in [0.15, 0.2) is 0 Å². The second-order valence-corrected chi connectivity index (χ2v) is 4.15. The van der Waals surface area contributed by atoms with Crippen molar-refractivity contribution in [1.82, 2.24) is 0 Å². The fourth-order valence-electron chi connectivity index (χ4n) is 1.84. The minimum absolute atomic E-state index is 0.414. The average molecular weight is 261 g/mol. The molecule has 0 saturated heterocycles. The number of halogens is 1. The van der Waals surface area contributed by atoms with Gasteiger partial charge < -0.3 is 10.4 Å². The molecule has 2 rings (SSSR count). The number of allylic oxidation sites excluding steroid dienone is 2. The minimum Gasteiger partial charge on any atom is -0.481 e. The number of carbonyl (C=O) groups excluding carboxylic acids is 1. The van der Waals surface area contributed by atoms with Crippen molar-refractivity contribution in [2.75, 3.05) is 5.32 Å².